The number of fused-ring (bicyclic) bond motifs is 1. The largest absolute Gasteiger partial charge is 0.492 e. The molecular weight excluding hydrogens is 394 g/mol. The number of rotatable bonds is 7. The van der Waals surface area contributed by atoms with E-state index in [2.05, 4.69) is 10.2 Å². The molecule has 4 rings (SSSR count). The highest BCUT2D eigenvalue weighted by Gasteiger charge is 2.23. The molecule has 31 heavy (non-hydrogen) atoms. The van der Waals surface area contributed by atoms with Crippen molar-refractivity contribution in [2.75, 3.05) is 50.9 Å². The standard InChI is InChI=1S/C24H29N3O4/c1-18(28)27-8-7-20-16-21(5-6-23(20)27)24(29)25-17-19-3-2-4-22(15-19)31-14-11-26-9-12-30-13-10-26/h2-6,15-16H,7-14,17H2,1H3,(H,25,29). The summed E-state index contributed by atoms with van der Waals surface area (Å²) in [5, 5.41) is 2.98. The van der Waals surface area contributed by atoms with E-state index in [1.54, 1.807) is 17.9 Å². The van der Waals surface area contributed by atoms with Crippen LogP contribution in [0.2, 0.25) is 0 Å². The summed E-state index contributed by atoms with van der Waals surface area (Å²) in [6.07, 6.45) is 0.778. The first-order chi connectivity index (χ1) is 15.1. The number of morpholine rings is 1. The predicted octanol–water partition coefficient (Wildman–Crippen LogP) is 2.24. The summed E-state index contributed by atoms with van der Waals surface area (Å²) in [5.41, 5.74) is 3.55. The summed E-state index contributed by atoms with van der Waals surface area (Å²) in [5.74, 6) is 0.715. The van der Waals surface area contributed by atoms with E-state index in [0.29, 0.717) is 25.3 Å². The second kappa shape index (κ2) is 9.94. The van der Waals surface area contributed by atoms with Gasteiger partial charge in [0.25, 0.3) is 5.91 Å². The van der Waals surface area contributed by atoms with E-state index < -0.39 is 0 Å². The van der Waals surface area contributed by atoms with Crippen LogP contribution in [0.4, 0.5) is 5.69 Å². The molecule has 0 aliphatic carbocycles. The van der Waals surface area contributed by atoms with Crippen molar-refractivity contribution in [1.82, 2.24) is 10.2 Å². The Kier molecular flexibility index (Phi) is 6.84. The monoisotopic (exact) mass is 423 g/mol. The van der Waals surface area contributed by atoms with Gasteiger partial charge in [-0.3, -0.25) is 14.5 Å². The number of amides is 2. The minimum Gasteiger partial charge on any atom is -0.492 e. The van der Waals surface area contributed by atoms with Crippen molar-refractivity contribution in [3.05, 3.63) is 59.2 Å². The molecular formula is C24H29N3O4. The van der Waals surface area contributed by atoms with E-state index >= 15 is 0 Å². The molecule has 2 heterocycles. The molecule has 0 atom stereocenters. The third kappa shape index (κ3) is 5.42. The van der Waals surface area contributed by atoms with Crippen molar-refractivity contribution in [2.24, 2.45) is 0 Å². The molecule has 2 aromatic rings. The fourth-order valence-corrected chi connectivity index (χ4v) is 4.02. The van der Waals surface area contributed by atoms with E-state index in [9.17, 15) is 9.59 Å². The molecule has 7 heteroatoms. The van der Waals surface area contributed by atoms with Gasteiger partial charge in [-0.25, -0.2) is 0 Å². The third-order valence-corrected chi connectivity index (χ3v) is 5.75. The summed E-state index contributed by atoms with van der Waals surface area (Å²) in [7, 11) is 0. The highest BCUT2D eigenvalue weighted by molar-refractivity contribution is 5.97. The van der Waals surface area contributed by atoms with Gasteiger partial charge in [0, 0.05) is 50.9 Å². The number of carbonyl (C=O) groups excluding carboxylic acids is 2. The number of hydrogen-bond donors (Lipinski definition) is 1. The van der Waals surface area contributed by atoms with E-state index in [1.165, 1.54) is 0 Å². The molecule has 2 aromatic carbocycles. The van der Waals surface area contributed by atoms with Crippen molar-refractivity contribution in [1.29, 1.82) is 0 Å². The van der Waals surface area contributed by atoms with Crippen LogP contribution in [0.25, 0.3) is 0 Å². The molecule has 2 aliphatic rings. The Morgan fingerprint density at radius 2 is 1.94 bits per heavy atom. The van der Waals surface area contributed by atoms with Crippen LogP contribution in [-0.4, -0.2) is 62.7 Å². The Balaban J connectivity index is 1.28. The van der Waals surface area contributed by atoms with Crippen LogP contribution in [0.1, 0.15) is 28.4 Å². The minimum atomic E-state index is -0.122. The maximum Gasteiger partial charge on any atom is 0.251 e. The van der Waals surface area contributed by atoms with E-state index in [1.807, 2.05) is 36.4 Å². The first-order valence-corrected chi connectivity index (χ1v) is 10.8. The highest BCUT2D eigenvalue weighted by atomic mass is 16.5. The SMILES string of the molecule is CC(=O)N1CCc2cc(C(=O)NCc3cccc(OCCN4CCOCC4)c3)ccc21. The highest BCUT2D eigenvalue weighted by Crippen LogP contribution is 2.28. The second-order valence-electron chi connectivity index (χ2n) is 7.90. The lowest BCUT2D eigenvalue weighted by Gasteiger charge is -2.26. The fraction of sp³-hybridized carbons (Fsp3) is 0.417. The Morgan fingerprint density at radius 3 is 2.74 bits per heavy atom. The van der Waals surface area contributed by atoms with Gasteiger partial charge in [-0.2, -0.15) is 0 Å². The fourth-order valence-electron chi connectivity index (χ4n) is 4.02. The summed E-state index contributed by atoms with van der Waals surface area (Å²) < 4.78 is 11.3. The van der Waals surface area contributed by atoms with Crippen LogP contribution in [0.15, 0.2) is 42.5 Å². The smallest absolute Gasteiger partial charge is 0.251 e. The van der Waals surface area contributed by atoms with Gasteiger partial charge < -0.3 is 19.7 Å². The van der Waals surface area contributed by atoms with Crippen LogP contribution in [-0.2, 0) is 22.5 Å². The van der Waals surface area contributed by atoms with E-state index in [4.69, 9.17) is 9.47 Å². The first-order valence-electron chi connectivity index (χ1n) is 10.8. The van der Waals surface area contributed by atoms with Crippen LogP contribution >= 0.6 is 0 Å². The zero-order chi connectivity index (χ0) is 21.6. The molecule has 0 radical (unpaired) electrons. The Hall–Kier alpha value is -2.90. The lowest BCUT2D eigenvalue weighted by atomic mass is 10.1. The molecule has 1 fully saturated rings. The van der Waals surface area contributed by atoms with Gasteiger partial charge in [-0.1, -0.05) is 12.1 Å². The normalized spacial score (nSPS) is 16.1. The quantitative estimate of drug-likeness (QED) is 0.740. The average molecular weight is 424 g/mol. The number of hydrogen-bond acceptors (Lipinski definition) is 5. The predicted molar refractivity (Wildman–Crippen MR) is 119 cm³/mol. The molecule has 0 saturated carbocycles. The first kappa shape index (κ1) is 21.3. The molecule has 0 spiro atoms. The van der Waals surface area contributed by atoms with Gasteiger partial charge in [-0.05, 0) is 47.9 Å². The zero-order valence-corrected chi connectivity index (χ0v) is 17.9. The lowest BCUT2D eigenvalue weighted by Crippen LogP contribution is -2.38. The molecule has 1 N–H and O–H groups in total. The number of benzene rings is 2. The molecule has 0 aromatic heterocycles. The third-order valence-electron chi connectivity index (χ3n) is 5.75. The van der Waals surface area contributed by atoms with Crippen molar-refractivity contribution in [3.63, 3.8) is 0 Å². The lowest BCUT2D eigenvalue weighted by molar-refractivity contribution is -0.116. The summed E-state index contributed by atoms with van der Waals surface area (Å²) in [6, 6.07) is 13.3. The maximum atomic E-state index is 12.6. The summed E-state index contributed by atoms with van der Waals surface area (Å²) in [6.45, 7) is 7.64. The van der Waals surface area contributed by atoms with Crippen LogP contribution in [0.5, 0.6) is 5.75 Å². The second-order valence-corrected chi connectivity index (χ2v) is 7.90. The van der Waals surface area contributed by atoms with Gasteiger partial charge in [0.15, 0.2) is 0 Å². The van der Waals surface area contributed by atoms with Gasteiger partial charge in [0.1, 0.15) is 12.4 Å². The van der Waals surface area contributed by atoms with E-state index in [0.717, 1.165) is 61.8 Å². The zero-order valence-electron chi connectivity index (χ0n) is 17.9. The van der Waals surface area contributed by atoms with Crippen LogP contribution < -0.4 is 15.0 Å². The molecule has 0 bridgehead atoms. The Bertz CT molecular complexity index is 940. The van der Waals surface area contributed by atoms with E-state index in [-0.39, 0.29) is 11.8 Å². The Labute approximate surface area is 182 Å². The van der Waals surface area contributed by atoms with Crippen molar-refractivity contribution in [3.8, 4) is 5.75 Å². The van der Waals surface area contributed by atoms with Gasteiger partial charge in [-0.15, -0.1) is 0 Å². The maximum absolute atomic E-state index is 12.6. The van der Waals surface area contributed by atoms with Gasteiger partial charge >= 0.3 is 0 Å². The van der Waals surface area contributed by atoms with Crippen LogP contribution in [0.3, 0.4) is 0 Å². The van der Waals surface area contributed by atoms with Gasteiger partial charge in [0.2, 0.25) is 5.91 Å². The molecule has 164 valence electrons. The van der Waals surface area contributed by atoms with Crippen molar-refractivity contribution < 1.29 is 19.1 Å². The van der Waals surface area contributed by atoms with Crippen molar-refractivity contribution >= 4 is 17.5 Å². The number of ether oxygens (including phenoxy) is 2. The summed E-state index contributed by atoms with van der Waals surface area (Å²) >= 11 is 0. The molecule has 0 unspecified atom stereocenters. The number of carbonyl (C=O) groups is 2. The molecule has 1 saturated heterocycles. The molecule has 7 nitrogen and oxygen atoms in total. The average Bonchev–Trinajstić information content (AvgIpc) is 3.22. The van der Waals surface area contributed by atoms with Gasteiger partial charge in [0.05, 0.1) is 13.2 Å². The molecule has 2 aliphatic heterocycles. The summed E-state index contributed by atoms with van der Waals surface area (Å²) in [4.78, 5) is 28.4. The number of anilines is 1. The van der Waals surface area contributed by atoms with Crippen molar-refractivity contribution in [2.45, 2.75) is 19.9 Å². The molecule has 2 amide bonds. The minimum absolute atomic E-state index is 0.0306. The Morgan fingerprint density at radius 1 is 1.10 bits per heavy atom. The topological polar surface area (TPSA) is 71.1 Å². The van der Waals surface area contributed by atoms with Crippen LogP contribution in [0, 0.1) is 0 Å². The number of nitrogens with zero attached hydrogens (tertiary/aromatic N) is 2. The number of nitrogens with one attached hydrogen (secondary N) is 1.